The van der Waals surface area contributed by atoms with Crippen LogP contribution in [0.5, 0.6) is 0 Å². The van der Waals surface area contributed by atoms with Gasteiger partial charge < -0.3 is 0 Å². The Morgan fingerprint density at radius 2 is 1.41 bits per heavy atom. The van der Waals surface area contributed by atoms with E-state index in [9.17, 15) is 17.6 Å². The van der Waals surface area contributed by atoms with Crippen molar-refractivity contribution in [1.82, 2.24) is 0 Å². The highest BCUT2D eigenvalue weighted by atomic mass is 19.3. The fourth-order valence-electron chi connectivity index (χ4n) is 5.43. The highest BCUT2D eigenvalue weighted by Crippen LogP contribution is 2.44. The minimum atomic E-state index is -2.19. The summed E-state index contributed by atoms with van der Waals surface area (Å²) in [5.74, 6) is 1.26. The first-order valence-corrected chi connectivity index (χ1v) is 11.4. The highest BCUT2D eigenvalue weighted by molar-refractivity contribution is 5.22. The first-order valence-electron chi connectivity index (χ1n) is 11.4. The first-order chi connectivity index (χ1) is 14.0. The molecule has 29 heavy (non-hydrogen) atoms. The summed E-state index contributed by atoms with van der Waals surface area (Å²) < 4.78 is 50.9. The van der Waals surface area contributed by atoms with Crippen LogP contribution in [0.1, 0.15) is 88.5 Å². The molecule has 0 unspecified atom stereocenters. The number of alkyl halides is 2. The number of hydrogen-bond donors (Lipinski definition) is 0. The third kappa shape index (κ3) is 6.86. The average Bonchev–Trinajstić information content (AvgIpc) is 2.73. The van der Waals surface area contributed by atoms with E-state index in [1.807, 2.05) is 6.08 Å². The molecule has 0 saturated heterocycles. The van der Waals surface area contributed by atoms with Crippen LogP contribution in [0.25, 0.3) is 0 Å². The van der Waals surface area contributed by atoms with Gasteiger partial charge in [-0.3, -0.25) is 0 Å². The van der Waals surface area contributed by atoms with Gasteiger partial charge in [0.1, 0.15) is 0 Å². The standard InChI is InChI=1S/C25H34F4/c26-23-16-15-22(17-24(23)27)21-13-11-20(12-14-21)19-9-7-18(8-10-19)5-3-1-2-4-6-25(28)29/h1-2,15-21,25H,3-14H2/b2-1+. The van der Waals surface area contributed by atoms with Crippen LogP contribution in [0, 0.1) is 29.4 Å². The predicted octanol–water partition coefficient (Wildman–Crippen LogP) is 8.43. The molecule has 3 rings (SSSR count). The highest BCUT2D eigenvalue weighted by Gasteiger charge is 2.31. The van der Waals surface area contributed by atoms with Crippen LogP contribution in [0.3, 0.4) is 0 Å². The maximum absolute atomic E-state index is 13.5. The van der Waals surface area contributed by atoms with Crippen molar-refractivity contribution >= 4 is 0 Å². The third-order valence-corrected chi connectivity index (χ3v) is 7.20. The molecule has 0 atom stereocenters. The van der Waals surface area contributed by atoms with Crippen molar-refractivity contribution in [3.63, 3.8) is 0 Å². The molecule has 2 aliphatic carbocycles. The predicted molar refractivity (Wildman–Crippen MR) is 110 cm³/mol. The molecule has 4 heteroatoms. The molecule has 0 nitrogen and oxygen atoms in total. The van der Waals surface area contributed by atoms with Gasteiger partial charge in [0.25, 0.3) is 0 Å². The van der Waals surface area contributed by atoms with Gasteiger partial charge in [-0.1, -0.05) is 31.1 Å². The Balaban J connectivity index is 1.34. The van der Waals surface area contributed by atoms with E-state index in [0.717, 1.165) is 42.6 Å². The van der Waals surface area contributed by atoms with Crippen LogP contribution in [-0.4, -0.2) is 6.43 Å². The van der Waals surface area contributed by atoms with Crippen LogP contribution in [0.4, 0.5) is 17.6 Å². The van der Waals surface area contributed by atoms with E-state index in [4.69, 9.17) is 0 Å². The summed E-state index contributed by atoms with van der Waals surface area (Å²) in [7, 11) is 0. The molecule has 2 saturated carbocycles. The second-order valence-electron chi connectivity index (χ2n) is 9.08. The molecule has 0 heterocycles. The van der Waals surface area contributed by atoms with Gasteiger partial charge in [-0.15, -0.1) is 0 Å². The van der Waals surface area contributed by atoms with Gasteiger partial charge in [0, 0.05) is 6.42 Å². The molecule has 0 spiro atoms. The van der Waals surface area contributed by atoms with Crippen molar-refractivity contribution in [2.75, 3.05) is 0 Å². The van der Waals surface area contributed by atoms with E-state index in [0.29, 0.717) is 12.3 Å². The summed E-state index contributed by atoms with van der Waals surface area (Å²) in [5.41, 5.74) is 0.952. The van der Waals surface area contributed by atoms with Crippen molar-refractivity contribution in [2.45, 2.75) is 89.4 Å². The van der Waals surface area contributed by atoms with Crippen LogP contribution in [-0.2, 0) is 0 Å². The first kappa shape index (κ1) is 22.4. The van der Waals surface area contributed by atoms with E-state index in [1.54, 1.807) is 6.07 Å². The fourth-order valence-corrected chi connectivity index (χ4v) is 5.43. The molecule has 1 aromatic rings. The zero-order valence-corrected chi connectivity index (χ0v) is 17.3. The zero-order chi connectivity index (χ0) is 20.6. The van der Waals surface area contributed by atoms with Gasteiger partial charge in [-0.2, -0.15) is 0 Å². The number of allylic oxidation sites excluding steroid dienone is 2. The molecule has 0 aromatic heterocycles. The van der Waals surface area contributed by atoms with Crippen molar-refractivity contribution < 1.29 is 17.6 Å². The van der Waals surface area contributed by atoms with Crippen molar-refractivity contribution in [3.8, 4) is 0 Å². The molecular formula is C25H34F4. The third-order valence-electron chi connectivity index (χ3n) is 7.20. The normalized spacial score (nSPS) is 28.3. The Hall–Kier alpha value is -1.32. The van der Waals surface area contributed by atoms with E-state index < -0.39 is 18.1 Å². The number of hydrogen-bond acceptors (Lipinski definition) is 0. The fraction of sp³-hybridized carbons (Fsp3) is 0.680. The number of halogens is 4. The Bertz CT molecular complexity index is 638. The lowest BCUT2D eigenvalue weighted by molar-refractivity contribution is 0.139. The van der Waals surface area contributed by atoms with Crippen LogP contribution in [0.15, 0.2) is 30.4 Å². The molecule has 0 bridgehead atoms. The van der Waals surface area contributed by atoms with E-state index in [1.165, 1.54) is 57.1 Å². The van der Waals surface area contributed by atoms with Crippen LogP contribution < -0.4 is 0 Å². The summed E-state index contributed by atoms with van der Waals surface area (Å²) in [4.78, 5) is 0. The summed E-state index contributed by atoms with van der Waals surface area (Å²) in [6.45, 7) is 0. The molecule has 1 aromatic carbocycles. The van der Waals surface area contributed by atoms with E-state index >= 15 is 0 Å². The molecule has 2 fully saturated rings. The Morgan fingerprint density at radius 3 is 2.03 bits per heavy atom. The molecule has 0 aliphatic heterocycles. The lowest BCUT2D eigenvalue weighted by Crippen LogP contribution is -2.25. The molecule has 0 N–H and O–H groups in total. The maximum Gasteiger partial charge on any atom is 0.238 e. The second kappa shape index (κ2) is 11.2. The van der Waals surface area contributed by atoms with Gasteiger partial charge in [0.2, 0.25) is 6.43 Å². The maximum atomic E-state index is 13.5. The molecule has 2 aliphatic rings. The topological polar surface area (TPSA) is 0 Å². The smallest absolute Gasteiger partial charge is 0.211 e. The molecular weight excluding hydrogens is 376 g/mol. The van der Waals surface area contributed by atoms with Gasteiger partial charge in [0.15, 0.2) is 11.6 Å². The van der Waals surface area contributed by atoms with Gasteiger partial charge in [-0.25, -0.2) is 17.6 Å². The largest absolute Gasteiger partial charge is 0.238 e. The summed E-state index contributed by atoms with van der Waals surface area (Å²) in [5, 5.41) is 0. The van der Waals surface area contributed by atoms with Gasteiger partial charge >= 0.3 is 0 Å². The molecule has 0 radical (unpaired) electrons. The van der Waals surface area contributed by atoms with Crippen molar-refractivity contribution in [1.29, 1.82) is 0 Å². The summed E-state index contributed by atoms with van der Waals surface area (Å²) in [6.07, 6.45) is 14.2. The van der Waals surface area contributed by atoms with Crippen molar-refractivity contribution in [3.05, 3.63) is 47.5 Å². The SMILES string of the molecule is Fc1ccc(C2CCC(C3CCC(CC/C=C/CCC(F)F)CC3)CC2)cc1F. The minimum absolute atomic E-state index is 0.0278. The minimum Gasteiger partial charge on any atom is -0.211 e. The van der Waals surface area contributed by atoms with Crippen molar-refractivity contribution in [2.24, 2.45) is 17.8 Å². The van der Waals surface area contributed by atoms with Gasteiger partial charge in [-0.05, 0) is 99.2 Å². The lowest BCUT2D eigenvalue weighted by Gasteiger charge is -2.38. The summed E-state index contributed by atoms with van der Waals surface area (Å²) >= 11 is 0. The van der Waals surface area contributed by atoms with Gasteiger partial charge in [0.05, 0.1) is 0 Å². The number of rotatable bonds is 8. The van der Waals surface area contributed by atoms with Crippen LogP contribution >= 0.6 is 0 Å². The average molecular weight is 411 g/mol. The summed E-state index contributed by atoms with van der Waals surface area (Å²) in [6, 6.07) is 4.39. The second-order valence-corrected chi connectivity index (χ2v) is 9.08. The molecule has 0 amide bonds. The Kier molecular flexibility index (Phi) is 8.62. The number of benzene rings is 1. The quantitative estimate of drug-likeness (QED) is 0.298. The zero-order valence-electron chi connectivity index (χ0n) is 17.3. The Morgan fingerprint density at radius 1 is 0.793 bits per heavy atom. The Labute approximate surface area is 172 Å². The lowest BCUT2D eigenvalue weighted by atomic mass is 9.68. The van der Waals surface area contributed by atoms with E-state index in [2.05, 4.69) is 6.08 Å². The monoisotopic (exact) mass is 410 g/mol. The molecule has 162 valence electrons. The van der Waals surface area contributed by atoms with E-state index in [-0.39, 0.29) is 6.42 Å². The van der Waals surface area contributed by atoms with Crippen LogP contribution in [0.2, 0.25) is 0 Å².